The average Bonchev–Trinajstić information content (AvgIpc) is 2.89. The molecule has 0 spiro atoms. The van der Waals surface area contributed by atoms with Gasteiger partial charge in [-0.1, -0.05) is 112 Å². The molecule has 0 aromatic heterocycles. The van der Waals surface area contributed by atoms with Crippen molar-refractivity contribution in [2.45, 2.75) is 45.3 Å². The van der Waals surface area contributed by atoms with Crippen LogP contribution in [0.4, 0.5) is 0 Å². The molecule has 3 aromatic carbocycles. The average molecular weight is 503 g/mol. The summed E-state index contributed by atoms with van der Waals surface area (Å²) in [6.45, 7) is 7.97. The minimum absolute atomic E-state index is 0.102. The number of rotatable bonds is 14. The highest BCUT2D eigenvalue weighted by Gasteiger charge is 2.50. The Labute approximate surface area is 216 Å². The van der Waals surface area contributed by atoms with Crippen molar-refractivity contribution in [3.8, 4) is 0 Å². The lowest BCUT2D eigenvalue weighted by molar-refractivity contribution is -0.112. The first-order valence-electron chi connectivity index (χ1n) is 12.7. The molecule has 0 amide bonds. The summed E-state index contributed by atoms with van der Waals surface area (Å²) in [5.74, 6) is -0.222. The summed E-state index contributed by atoms with van der Waals surface area (Å²) < 4.78 is 13.1. The molecule has 0 fully saturated rings. The number of ether oxygens (including phenoxy) is 1. The van der Waals surface area contributed by atoms with Crippen LogP contribution in [0.2, 0.25) is 5.04 Å². The second-order valence-electron chi connectivity index (χ2n) is 10.3. The molecule has 0 bridgehead atoms. The zero-order valence-electron chi connectivity index (χ0n) is 21.6. The number of hydrogen-bond acceptors (Lipinski definition) is 4. The van der Waals surface area contributed by atoms with E-state index in [1.807, 2.05) is 42.5 Å². The molecular formula is C31H38O4Si. The van der Waals surface area contributed by atoms with E-state index in [0.717, 1.165) is 18.1 Å². The van der Waals surface area contributed by atoms with E-state index in [9.17, 15) is 9.59 Å². The van der Waals surface area contributed by atoms with Crippen LogP contribution in [0.1, 0.15) is 39.2 Å². The molecule has 0 aliphatic rings. The summed E-state index contributed by atoms with van der Waals surface area (Å²) in [7, 11) is -2.74. The molecule has 0 saturated carbocycles. The molecule has 3 rings (SSSR count). The molecule has 36 heavy (non-hydrogen) atoms. The summed E-state index contributed by atoms with van der Waals surface area (Å²) in [4.78, 5) is 23.3. The fourth-order valence-electron chi connectivity index (χ4n) is 4.94. The van der Waals surface area contributed by atoms with Crippen molar-refractivity contribution in [3.05, 3.63) is 96.6 Å². The molecule has 0 aliphatic heterocycles. The number of carbonyl (C=O) groups excluding carboxylic acids is 2. The second kappa shape index (κ2) is 13.4. The van der Waals surface area contributed by atoms with Crippen LogP contribution in [0.25, 0.3) is 0 Å². The van der Waals surface area contributed by atoms with Gasteiger partial charge in [-0.25, -0.2) is 0 Å². The lowest BCUT2D eigenvalue weighted by Gasteiger charge is -2.44. The smallest absolute Gasteiger partial charge is 0.261 e. The maximum absolute atomic E-state index is 11.7. The lowest BCUT2D eigenvalue weighted by atomic mass is 9.89. The third kappa shape index (κ3) is 6.87. The SMILES string of the molecule is CC(C)(C)[Si](OCC(CC=O)C(CC=O)COCc1ccccc1)(c1ccccc1)c1ccccc1. The van der Waals surface area contributed by atoms with Crippen LogP contribution in [0, 0.1) is 11.8 Å². The fourth-order valence-corrected chi connectivity index (χ4v) is 9.56. The van der Waals surface area contributed by atoms with Gasteiger partial charge in [-0.2, -0.15) is 0 Å². The van der Waals surface area contributed by atoms with Crippen molar-refractivity contribution in [1.29, 1.82) is 0 Å². The van der Waals surface area contributed by atoms with Gasteiger partial charge in [0.1, 0.15) is 12.6 Å². The van der Waals surface area contributed by atoms with E-state index < -0.39 is 8.32 Å². The number of hydrogen-bond donors (Lipinski definition) is 0. The largest absolute Gasteiger partial charge is 0.407 e. The van der Waals surface area contributed by atoms with Crippen molar-refractivity contribution in [2.24, 2.45) is 11.8 Å². The van der Waals surface area contributed by atoms with Crippen molar-refractivity contribution in [1.82, 2.24) is 0 Å². The summed E-state index contributed by atoms with van der Waals surface area (Å²) in [5, 5.41) is 2.23. The van der Waals surface area contributed by atoms with Crippen LogP contribution in [-0.4, -0.2) is 34.1 Å². The molecule has 0 saturated heterocycles. The minimum Gasteiger partial charge on any atom is -0.407 e. The normalized spacial score (nSPS) is 13.6. The first-order chi connectivity index (χ1) is 17.4. The van der Waals surface area contributed by atoms with Crippen LogP contribution >= 0.6 is 0 Å². The summed E-state index contributed by atoms with van der Waals surface area (Å²) >= 11 is 0. The molecule has 2 atom stereocenters. The summed E-state index contributed by atoms with van der Waals surface area (Å²) in [6.07, 6.45) is 2.52. The van der Waals surface area contributed by atoms with Crippen molar-refractivity contribution >= 4 is 31.3 Å². The van der Waals surface area contributed by atoms with Gasteiger partial charge in [0.15, 0.2) is 0 Å². The van der Waals surface area contributed by atoms with E-state index in [1.54, 1.807) is 0 Å². The number of benzene rings is 3. The highest BCUT2D eigenvalue weighted by atomic mass is 28.4. The van der Waals surface area contributed by atoms with Gasteiger partial charge in [-0.05, 0) is 32.8 Å². The Morgan fingerprint density at radius 1 is 0.694 bits per heavy atom. The Morgan fingerprint density at radius 2 is 1.14 bits per heavy atom. The first kappa shape index (κ1) is 27.7. The van der Waals surface area contributed by atoms with E-state index in [4.69, 9.17) is 9.16 Å². The van der Waals surface area contributed by atoms with Crippen molar-refractivity contribution in [3.63, 3.8) is 0 Å². The Hall–Kier alpha value is -2.86. The van der Waals surface area contributed by atoms with E-state index >= 15 is 0 Å². The highest BCUT2D eigenvalue weighted by molar-refractivity contribution is 6.99. The third-order valence-corrected chi connectivity index (χ3v) is 11.8. The minimum atomic E-state index is -2.74. The maximum atomic E-state index is 11.7. The Bertz CT molecular complexity index is 1010. The van der Waals surface area contributed by atoms with Crippen molar-refractivity contribution in [2.75, 3.05) is 13.2 Å². The topological polar surface area (TPSA) is 52.6 Å². The first-order valence-corrected chi connectivity index (χ1v) is 14.6. The molecule has 0 N–H and O–H groups in total. The Kier molecular flexibility index (Phi) is 10.4. The van der Waals surface area contributed by atoms with Crippen LogP contribution in [0.5, 0.6) is 0 Å². The van der Waals surface area contributed by atoms with Gasteiger partial charge < -0.3 is 18.8 Å². The Balaban J connectivity index is 1.88. The molecular weight excluding hydrogens is 464 g/mol. The van der Waals surface area contributed by atoms with Crippen LogP contribution in [0.15, 0.2) is 91.0 Å². The monoisotopic (exact) mass is 502 g/mol. The van der Waals surface area contributed by atoms with E-state index in [-0.39, 0.29) is 16.9 Å². The van der Waals surface area contributed by atoms with E-state index in [0.29, 0.717) is 32.7 Å². The third-order valence-electron chi connectivity index (χ3n) is 6.84. The molecule has 4 nitrogen and oxygen atoms in total. The van der Waals surface area contributed by atoms with Crippen molar-refractivity contribution < 1.29 is 18.8 Å². The zero-order valence-corrected chi connectivity index (χ0v) is 22.6. The van der Waals surface area contributed by atoms with Crippen LogP contribution < -0.4 is 10.4 Å². The standard InChI is InChI=1S/C31H38O4Si/c1-31(2,3)36(29-15-9-5-10-16-29,30-17-11-6-12-18-30)35-25-28(20-22-33)27(19-21-32)24-34-23-26-13-7-4-8-14-26/h4-18,21-22,27-28H,19-20,23-25H2,1-3H3. The van der Waals surface area contributed by atoms with E-state index in [2.05, 4.69) is 69.3 Å². The Morgan fingerprint density at radius 3 is 1.58 bits per heavy atom. The lowest BCUT2D eigenvalue weighted by Crippen LogP contribution is -2.67. The molecule has 3 aromatic rings. The quantitative estimate of drug-likeness (QED) is 0.225. The molecule has 2 unspecified atom stereocenters. The predicted octanol–water partition coefficient (Wildman–Crippen LogP) is 5.19. The van der Waals surface area contributed by atoms with Gasteiger partial charge in [-0.3, -0.25) is 0 Å². The van der Waals surface area contributed by atoms with Gasteiger partial charge in [0.25, 0.3) is 8.32 Å². The van der Waals surface area contributed by atoms with Gasteiger partial charge in [-0.15, -0.1) is 0 Å². The zero-order chi connectivity index (χ0) is 25.9. The molecule has 0 heterocycles. The number of aldehydes is 2. The predicted molar refractivity (Wildman–Crippen MR) is 148 cm³/mol. The molecule has 5 heteroatoms. The van der Waals surface area contributed by atoms with Gasteiger partial charge >= 0.3 is 0 Å². The van der Waals surface area contributed by atoms with Gasteiger partial charge in [0, 0.05) is 19.4 Å². The molecule has 0 aliphatic carbocycles. The van der Waals surface area contributed by atoms with Gasteiger partial charge in [0.05, 0.1) is 13.2 Å². The number of carbonyl (C=O) groups is 2. The van der Waals surface area contributed by atoms with Gasteiger partial charge in [0.2, 0.25) is 0 Å². The summed E-state index contributed by atoms with van der Waals surface area (Å²) in [5.41, 5.74) is 1.08. The maximum Gasteiger partial charge on any atom is 0.261 e. The van der Waals surface area contributed by atoms with Crippen LogP contribution in [-0.2, 0) is 25.4 Å². The second-order valence-corrected chi connectivity index (χ2v) is 14.6. The highest BCUT2D eigenvalue weighted by Crippen LogP contribution is 2.37. The van der Waals surface area contributed by atoms with Crippen LogP contribution in [0.3, 0.4) is 0 Å². The molecule has 190 valence electrons. The fraction of sp³-hybridized carbons (Fsp3) is 0.355. The molecule has 0 radical (unpaired) electrons. The van der Waals surface area contributed by atoms with E-state index in [1.165, 1.54) is 10.4 Å². The summed E-state index contributed by atoms with van der Waals surface area (Å²) in [6, 6.07) is 30.9.